The summed E-state index contributed by atoms with van der Waals surface area (Å²) in [4.78, 5) is 23.9. The molecule has 0 spiro atoms. The number of hydrogen-bond donors (Lipinski definition) is 1. The van der Waals surface area contributed by atoms with E-state index in [-0.39, 0.29) is 5.91 Å². The van der Waals surface area contributed by atoms with Crippen LogP contribution in [-0.4, -0.2) is 18.5 Å². The summed E-state index contributed by atoms with van der Waals surface area (Å²) in [7, 11) is 0. The Labute approximate surface area is 156 Å². The molecule has 2 aromatic rings. The van der Waals surface area contributed by atoms with E-state index >= 15 is 0 Å². The number of nitrogens with one attached hydrogen (secondary N) is 1. The lowest BCUT2D eigenvalue weighted by atomic mass is 10.2. The minimum Gasteiger partial charge on any atom is -0.462 e. The third-order valence-electron chi connectivity index (χ3n) is 3.18. The van der Waals surface area contributed by atoms with E-state index in [4.69, 9.17) is 27.9 Å². The quantitative estimate of drug-likeness (QED) is 0.554. The van der Waals surface area contributed by atoms with Crippen LogP contribution in [0.2, 0.25) is 10.0 Å². The van der Waals surface area contributed by atoms with Gasteiger partial charge >= 0.3 is 5.97 Å². The number of esters is 1. The topological polar surface area (TPSA) is 55.4 Å². The second kappa shape index (κ2) is 9.25. The van der Waals surface area contributed by atoms with Crippen molar-refractivity contribution in [3.63, 3.8) is 0 Å². The van der Waals surface area contributed by atoms with Gasteiger partial charge in [-0.1, -0.05) is 42.3 Å². The first-order valence-electron chi connectivity index (χ1n) is 7.71. The molecule has 1 amide bonds. The minimum absolute atomic E-state index is 0.343. The van der Waals surface area contributed by atoms with Crippen LogP contribution in [0.25, 0.3) is 6.08 Å². The average molecular weight is 378 g/mol. The van der Waals surface area contributed by atoms with Crippen molar-refractivity contribution in [1.29, 1.82) is 0 Å². The van der Waals surface area contributed by atoms with Crippen LogP contribution in [0.1, 0.15) is 29.3 Å². The van der Waals surface area contributed by atoms with Crippen molar-refractivity contribution in [3.8, 4) is 0 Å². The van der Waals surface area contributed by atoms with Gasteiger partial charge in [0.2, 0.25) is 5.91 Å². The van der Waals surface area contributed by atoms with Gasteiger partial charge in [-0.2, -0.15) is 0 Å². The molecular formula is C19H17Cl2NO3. The monoisotopic (exact) mass is 377 g/mol. The second-order valence-corrected chi connectivity index (χ2v) is 6.05. The summed E-state index contributed by atoms with van der Waals surface area (Å²) in [5.74, 6) is -0.758. The first-order chi connectivity index (χ1) is 12.0. The van der Waals surface area contributed by atoms with Crippen LogP contribution in [-0.2, 0) is 9.53 Å². The molecule has 0 bridgehead atoms. The van der Waals surface area contributed by atoms with Gasteiger partial charge < -0.3 is 10.1 Å². The van der Waals surface area contributed by atoms with Crippen LogP contribution >= 0.6 is 23.2 Å². The van der Waals surface area contributed by atoms with Gasteiger partial charge in [0.25, 0.3) is 0 Å². The Hall–Kier alpha value is -2.30. The number of amides is 1. The molecule has 0 unspecified atom stereocenters. The minimum atomic E-state index is -0.415. The number of ether oxygens (including phenoxy) is 1. The molecular weight excluding hydrogens is 361 g/mol. The van der Waals surface area contributed by atoms with E-state index in [2.05, 4.69) is 5.32 Å². The van der Waals surface area contributed by atoms with E-state index in [0.717, 1.165) is 6.42 Å². The summed E-state index contributed by atoms with van der Waals surface area (Å²) in [6.45, 7) is 2.28. The fourth-order valence-corrected chi connectivity index (χ4v) is 2.46. The zero-order valence-electron chi connectivity index (χ0n) is 13.6. The van der Waals surface area contributed by atoms with Gasteiger partial charge in [0.15, 0.2) is 0 Å². The number of carbonyl (C=O) groups excluding carboxylic acids is 2. The SMILES string of the molecule is CCCOC(=O)c1cccc(NC(=O)/C=C/c2ccc(Cl)cc2Cl)c1. The molecule has 130 valence electrons. The second-order valence-electron chi connectivity index (χ2n) is 5.21. The first kappa shape index (κ1) is 19.0. The van der Waals surface area contributed by atoms with Crippen molar-refractivity contribution in [1.82, 2.24) is 0 Å². The van der Waals surface area contributed by atoms with Crippen molar-refractivity contribution < 1.29 is 14.3 Å². The Morgan fingerprint density at radius 2 is 1.96 bits per heavy atom. The number of rotatable bonds is 6. The number of halogens is 2. The van der Waals surface area contributed by atoms with Crippen LogP contribution in [0.5, 0.6) is 0 Å². The van der Waals surface area contributed by atoms with Crippen LogP contribution in [0.3, 0.4) is 0 Å². The van der Waals surface area contributed by atoms with E-state index in [1.54, 1.807) is 48.5 Å². The standard InChI is InChI=1S/C19H17Cl2NO3/c1-2-10-25-19(24)14-4-3-5-16(11-14)22-18(23)9-7-13-6-8-15(20)12-17(13)21/h3-9,11-12H,2,10H2,1H3,(H,22,23)/b9-7+. The van der Waals surface area contributed by atoms with Gasteiger partial charge in [-0.3, -0.25) is 4.79 Å². The van der Waals surface area contributed by atoms with E-state index in [0.29, 0.717) is 33.5 Å². The Kier molecular flexibility index (Phi) is 7.04. The van der Waals surface area contributed by atoms with E-state index in [1.807, 2.05) is 6.92 Å². The molecule has 0 saturated heterocycles. The molecule has 0 heterocycles. The molecule has 0 radical (unpaired) electrons. The van der Waals surface area contributed by atoms with Gasteiger partial charge in [-0.25, -0.2) is 4.79 Å². The maximum Gasteiger partial charge on any atom is 0.338 e. The van der Waals surface area contributed by atoms with Crippen LogP contribution in [0.15, 0.2) is 48.5 Å². The van der Waals surface area contributed by atoms with E-state index < -0.39 is 5.97 Å². The van der Waals surface area contributed by atoms with E-state index in [1.165, 1.54) is 6.08 Å². The maximum atomic E-state index is 12.0. The van der Waals surface area contributed by atoms with Crippen LogP contribution in [0.4, 0.5) is 5.69 Å². The number of anilines is 1. The molecule has 0 aliphatic carbocycles. The predicted molar refractivity (Wildman–Crippen MR) is 101 cm³/mol. The Balaban J connectivity index is 2.02. The molecule has 2 rings (SSSR count). The number of hydrogen-bond acceptors (Lipinski definition) is 3. The molecule has 25 heavy (non-hydrogen) atoms. The van der Waals surface area contributed by atoms with Gasteiger partial charge in [0.1, 0.15) is 0 Å². The highest BCUT2D eigenvalue weighted by molar-refractivity contribution is 6.35. The number of benzene rings is 2. The molecule has 0 atom stereocenters. The molecule has 0 aliphatic rings. The summed E-state index contributed by atoms with van der Waals surface area (Å²) < 4.78 is 5.07. The van der Waals surface area contributed by atoms with Crippen molar-refractivity contribution in [3.05, 3.63) is 69.7 Å². The van der Waals surface area contributed by atoms with Gasteiger partial charge in [0, 0.05) is 21.8 Å². The van der Waals surface area contributed by atoms with Crippen molar-refractivity contribution >= 4 is 46.8 Å². The highest BCUT2D eigenvalue weighted by Crippen LogP contribution is 2.22. The molecule has 0 aliphatic heterocycles. The lowest BCUT2D eigenvalue weighted by molar-refractivity contribution is -0.111. The maximum absolute atomic E-state index is 12.0. The third-order valence-corrected chi connectivity index (χ3v) is 3.74. The molecule has 4 nitrogen and oxygen atoms in total. The Bertz CT molecular complexity index is 803. The highest BCUT2D eigenvalue weighted by Gasteiger charge is 2.08. The normalized spacial score (nSPS) is 10.7. The van der Waals surface area contributed by atoms with E-state index in [9.17, 15) is 9.59 Å². The van der Waals surface area contributed by atoms with Crippen molar-refractivity contribution in [2.75, 3.05) is 11.9 Å². The molecule has 0 saturated carbocycles. The van der Waals surface area contributed by atoms with Crippen LogP contribution < -0.4 is 5.32 Å². The summed E-state index contributed by atoms with van der Waals surface area (Å²) in [5, 5.41) is 3.67. The van der Waals surface area contributed by atoms with Crippen LogP contribution in [0, 0.1) is 0 Å². The largest absolute Gasteiger partial charge is 0.462 e. The third kappa shape index (κ3) is 5.93. The summed E-state index contributed by atoms with van der Waals surface area (Å²) in [5.41, 5.74) is 1.57. The zero-order valence-corrected chi connectivity index (χ0v) is 15.1. The number of carbonyl (C=O) groups is 2. The Morgan fingerprint density at radius 1 is 1.16 bits per heavy atom. The fourth-order valence-electron chi connectivity index (χ4n) is 1.99. The summed E-state index contributed by atoms with van der Waals surface area (Å²) in [6, 6.07) is 11.6. The molecule has 0 aromatic heterocycles. The van der Waals surface area contributed by atoms with Gasteiger partial charge in [-0.15, -0.1) is 0 Å². The van der Waals surface area contributed by atoms with Gasteiger partial charge in [0.05, 0.1) is 12.2 Å². The lowest BCUT2D eigenvalue weighted by Gasteiger charge is -2.06. The molecule has 1 N–H and O–H groups in total. The smallest absolute Gasteiger partial charge is 0.338 e. The summed E-state index contributed by atoms with van der Waals surface area (Å²) in [6.07, 6.45) is 3.70. The van der Waals surface area contributed by atoms with Gasteiger partial charge in [-0.05, 0) is 48.4 Å². The molecule has 0 fully saturated rings. The molecule has 6 heteroatoms. The first-order valence-corrected chi connectivity index (χ1v) is 8.46. The predicted octanol–water partition coefficient (Wildman–Crippen LogP) is 5.21. The van der Waals surface area contributed by atoms with Crippen molar-refractivity contribution in [2.24, 2.45) is 0 Å². The highest BCUT2D eigenvalue weighted by atomic mass is 35.5. The Morgan fingerprint density at radius 3 is 2.68 bits per heavy atom. The lowest BCUT2D eigenvalue weighted by Crippen LogP contribution is -2.10. The average Bonchev–Trinajstić information content (AvgIpc) is 2.59. The van der Waals surface area contributed by atoms with Crippen molar-refractivity contribution in [2.45, 2.75) is 13.3 Å². The summed E-state index contributed by atoms with van der Waals surface area (Å²) >= 11 is 11.9. The molecule has 2 aromatic carbocycles. The zero-order chi connectivity index (χ0) is 18.2. The fraction of sp³-hybridized carbons (Fsp3) is 0.158.